The highest BCUT2D eigenvalue weighted by atomic mass is 32.2. The molecule has 2 atom stereocenters. The normalized spacial score (nSPS) is 22.9. The predicted molar refractivity (Wildman–Crippen MR) is 68.2 cm³/mol. The van der Waals surface area contributed by atoms with Crippen LogP contribution in [-0.2, 0) is 6.42 Å². The number of nitrogens with two attached hydrogens (primary N) is 1. The van der Waals surface area contributed by atoms with Crippen LogP contribution in [0.25, 0.3) is 0 Å². The third kappa shape index (κ3) is 2.56. The van der Waals surface area contributed by atoms with Gasteiger partial charge >= 0.3 is 0 Å². The van der Waals surface area contributed by atoms with E-state index in [4.69, 9.17) is 5.73 Å². The second kappa shape index (κ2) is 5.04. The smallest absolute Gasteiger partial charge is 0.0415 e. The lowest BCUT2D eigenvalue weighted by atomic mass is 9.99. The number of thioether (sulfide) groups is 1. The van der Waals surface area contributed by atoms with Crippen molar-refractivity contribution in [3.63, 3.8) is 0 Å². The maximum atomic E-state index is 6.30. The highest BCUT2D eigenvalue weighted by Gasteiger charge is 2.23. The Bertz CT molecular complexity index is 318. The summed E-state index contributed by atoms with van der Waals surface area (Å²) in [6.45, 7) is 2.19. The average Bonchev–Trinajstić information content (AvgIpc) is 2.81. The Labute approximate surface area is 96.4 Å². The molecule has 0 saturated carbocycles. The van der Waals surface area contributed by atoms with Crippen LogP contribution in [0.1, 0.15) is 36.9 Å². The monoisotopic (exact) mass is 221 g/mol. The molecule has 2 N–H and O–H groups in total. The molecular weight excluding hydrogens is 202 g/mol. The highest BCUT2D eigenvalue weighted by Crippen LogP contribution is 2.34. The van der Waals surface area contributed by atoms with E-state index in [9.17, 15) is 0 Å². The van der Waals surface area contributed by atoms with Gasteiger partial charge in [-0.05, 0) is 36.1 Å². The number of hydrogen-bond donors (Lipinski definition) is 1. The van der Waals surface area contributed by atoms with Gasteiger partial charge in [0, 0.05) is 11.3 Å². The van der Waals surface area contributed by atoms with Crippen molar-refractivity contribution in [3.05, 3.63) is 35.4 Å². The van der Waals surface area contributed by atoms with Crippen LogP contribution >= 0.6 is 11.8 Å². The largest absolute Gasteiger partial charge is 0.323 e. The fourth-order valence-electron chi connectivity index (χ4n) is 2.12. The van der Waals surface area contributed by atoms with E-state index in [0.29, 0.717) is 5.25 Å². The lowest BCUT2D eigenvalue weighted by molar-refractivity contribution is 0.645. The Morgan fingerprint density at radius 3 is 3.07 bits per heavy atom. The zero-order valence-corrected chi connectivity index (χ0v) is 10.1. The summed E-state index contributed by atoms with van der Waals surface area (Å²) in [5, 5.41) is 0.636. The van der Waals surface area contributed by atoms with Gasteiger partial charge in [0.05, 0.1) is 0 Å². The lowest BCUT2D eigenvalue weighted by Crippen LogP contribution is -2.21. The van der Waals surface area contributed by atoms with Crippen LogP contribution in [0, 0.1) is 0 Å². The first-order chi connectivity index (χ1) is 7.31. The zero-order valence-electron chi connectivity index (χ0n) is 9.28. The minimum Gasteiger partial charge on any atom is -0.323 e. The van der Waals surface area contributed by atoms with Crippen LogP contribution in [0.15, 0.2) is 24.3 Å². The Balaban J connectivity index is 2.13. The van der Waals surface area contributed by atoms with Crippen molar-refractivity contribution in [1.82, 2.24) is 0 Å². The van der Waals surface area contributed by atoms with Crippen LogP contribution in [-0.4, -0.2) is 11.0 Å². The molecular formula is C13H19NS. The summed E-state index contributed by atoms with van der Waals surface area (Å²) in [6.07, 6.45) is 3.71. The Kier molecular flexibility index (Phi) is 3.71. The first-order valence-corrected chi connectivity index (χ1v) is 6.82. The van der Waals surface area contributed by atoms with Crippen LogP contribution in [0.5, 0.6) is 0 Å². The first kappa shape index (κ1) is 11.0. The summed E-state index contributed by atoms with van der Waals surface area (Å²) in [6, 6.07) is 8.97. The highest BCUT2D eigenvalue weighted by molar-refractivity contribution is 8.00. The summed E-state index contributed by atoms with van der Waals surface area (Å²) in [4.78, 5) is 0. The van der Waals surface area contributed by atoms with E-state index in [0.717, 1.165) is 6.42 Å². The van der Waals surface area contributed by atoms with E-state index in [1.165, 1.54) is 29.7 Å². The number of aryl methyl sites for hydroxylation is 1. The van der Waals surface area contributed by atoms with Crippen molar-refractivity contribution in [2.24, 2.45) is 5.73 Å². The molecule has 15 heavy (non-hydrogen) atoms. The summed E-state index contributed by atoms with van der Waals surface area (Å²) in [5.74, 6) is 1.28. The van der Waals surface area contributed by atoms with Crippen molar-refractivity contribution in [2.45, 2.75) is 37.5 Å². The van der Waals surface area contributed by atoms with E-state index < -0.39 is 0 Å². The molecule has 1 aromatic rings. The third-order valence-electron chi connectivity index (χ3n) is 3.11. The molecule has 1 aliphatic rings. The third-order valence-corrected chi connectivity index (χ3v) is 4.59. The maximum Gasteiger partial charge on any atom is 0.0415 e. The molecule has 82 valence electrons. The quantitative estimate of drug-likeness (QED) is 0.848. The number of rotatable bonds is 3. The fourth-order valence-corrected chi connectivity index (χ4v) is 3.45. The second-order valence-electron chi connectivity index (χ2n) is 4.18. The number of benzene rings is 1. The predicted octanol–water partition coefficient (Wildman–Crippen LogP) is 3.14. The number of hydrogen-bond acceptors (Lipinski definition) is 2. The second-order valence-corrected chi connectivity index (χ2v) is 5.52. The van der Waals surface area contributed by atoms with Crippen molar-refractivity contribution >= 4 is 11.8 Å². The van der Waals surface area contributed by atoms with Crippen molar-refractivity contribution in [2.75, 3.05) is 5.75 Å². The summed E-state index contributed by atoms with van der Waals surface area (Å²) < 4.78 is 0. The Morgan fingerprint density at radius 1 is 1.53 bits per heavy atom. The lowest BCUT2D eigenvalue weighted by Gasteiger charge is -2.19. The van der Waals surface area contributed by atoms with E-state index >= 15 is 0 Å². The van der Waals surface area contributed by atoms with Gasteiger partial charge in [-0.15, -0.1) is 0 Å². The minimum atomic E-state index is 0.226. The molecule has 0 spiro atoms. The van der Waals surface area contributed by atoms with Gasteiger partial charge in [0.25, 0.3) is 0 Å². The summed E-state index contributed by atoms with van der Waals surface area (Å²) in [7, 11) is 0. The Morgan fingerprint density at radius 2 is 2.40 bits per heavy atom. The van der Waals surface area contributed by atoms with Crippen LogP contribution in [0.4, 0.5) is 0 Å². The van der Waals surface area contributed by atoms with Gasteiger partial charge in [-0.1, -0.05) is 31.2 Å². The van der Waals surface area contributed by atoms with Gasteiger partial charge in [0.15, 0.2) is 0 Å². The van der Waals surface area contributed by atoms with Gasteiger partial charge in [-0.3, -0.25) is 0 Å². The zero-order chi connectivity index (χ0) is 10.7. The van der Waals surface area contributed by atoms with Gasteiger partial charge in [0.2, 0.25) is 0 Å². The molecule has 1 aliphatic heterocycles. The topological polar surface area (TPSA) is 26.0 Å². The maximum absolute atomic E-state index is 6.30. The van der Waals surface area contributed by atoms with Crippen molar-refractivity contribution < 1.29 is 0 Å². The molecule has 0 aromatic heterocycles. The molecule has 0 radical (unpaired) electrons. The van der Waals surface area contributed by atoms with Crippen LogP contribution in [0.2, 0.25) is 0 Å². The fraction of sp³-hybridized carbons (Fsp3) is 0.538. The van der Waals surface area contributed by atoms with Gasteiger partial charge < -0.3 is 5.73 Å². The van der Waals surface area contributed by atoms with Crippen molar-refractivity contribution in [1.29, 1.82) is 0 Å². The van der Waals surface area contributed by atoms with Gasteiger partial charge in [-0.2, -0.15) is 11.8 Å². The molecule has 1 fully saturated rings. The Hall–Kier alpha value is -0.470. The SMILES string of the molecule is CCc1cccc(C(N)C2CCCS2)c1. The molecule has 0 amide bonds. The molecule has 1 nitrogen and oxygen atoms in total. The molecule has 2 unspecified atom stereocenters. The average molecular weight is 221 g/mol. The molecule has 1 aromatic carbocycles. The summed E-state index contributed by atoms with van der Waals surface area (Å²) in [5.41, 5.74) is 9.01. The minimum absolute atomic E-state index is 0.226. The van der Waals surface area contributed by atoms with Crippen LogP contribution < -0.4 is 5.73 Å². The van der Waals surface area contributed by atoms with Crippen LogP contribution in [0.3, 0.4) is 0 Å². The van der Waals surface area contributed by atoms with E-state index in [1.807, 2.05) is 11.8 Å². The van der Waals surface area contributed by atoms with Gasteiger partial charge in [0.1, 0.15) is 0 Å². The van der Waals surface area contributed by atoms with E-state index in [1.54, 1.807) is 0 Å². The summed E-state index contributed by atoms with van der Waals surface area (Å²) >= 11 is 2.03. The molecule has 0 aliphatic carbocycles. The van der Waals surface area contributed by atoms with Gasteiger partial charge in [-0.25, -0.2) is 0 Å². The molecule has 2 rings (SSSR count). The van der Waals surface area contributed by atoms with Crippen molar-refractivity contribution in [3.8, 4) is 0 Å². The first-order valence-electron chi connectivity index (χ1n) is 5.77. The molecule has 0 bridgehead atoms. The standard InChI is InChI=1S/C13H19NS/c1-2-10-5-3-6-11(9-10)13(14)12-7-4-8-15-12/h3,5-6,9,12-13H,2,4,7-8,14H2,1H3. The van der Waals surface area contributed by atoms with E-state index in [2.05, 4.69) is 31.2 Å². The molecule has 2 heteroatoms. The molecule has 1 heterocycles. The van der Waals surface area contributed by atoms with E-state index in [-0.39, 0.29) is 6.04 Å². The molecule has 1 saturated heterocycles.